The summed E-state index contributed by atoms with van der Waals surface area (Å²) in [6.45, 7) is 6.38. The third-order valence-corrected chi connectivity index (χ3v) is 2.83. The molecule has 1 aliphatic carbocycles. The van der Waals surface area contributed by atoms with Gasteiger partial charge in [-0.05, 0) is 45.6 Å². The summed E-state index contributed by atoms with van der Waals surface area (Å²) < 4.78 is 1.76. The molecule has 17 heavy (non-hydrogen) atoms. The van der Waals surface area contributed by atoms with Gasteiger partial charge in [0.1, 0.15) is 5.82 Å². The van der Waals surface area contributed by atoms with Gasteiger partial charge in [0, 0.05) is 23.9 Å². The van der Waals surface area contributed by atoms with E-state index in [2.05, 4.69) is 41.9 Å². The third-order valence-electron chi connectivity index (χ3n) is 2.31. The zero-order valence-corrected chi connectivity index (χ0v) is 11.7. The van der Waals surface area contributed by atoms with Crippen LogP contribution in [0.4, 0.5) is 0 Å². The largest absolute Gasteiger partial charge is 0.368 e. The van der Waals surface area contributed by atoms with Crippen molar-refractivity contribution in [2.45, 2.75) is 45.2 Å². The highest BCUT2D eigenvalue weighted by molar-refractivity contribution is 7.96. The second-order valence-corrected chi connectivity index (χ2v) is 6.12. The molecule has 2 rings (SSSR count). The molecular formula is C11H21N5S. The van der Waals surface area contributed by atoms with Crippen LogP contribution in [0.3, 0.4) is 0 Å². The molecular weight excluding hydrogens is 234 g/mol. The minimum absolute atomic E-state index is 0.0153. The zero-order chi connectivity index (χ0) is 12.5. The second kappa shape index (κ2) is 4.68. The maximum Gasteiger partial charge on any atom is 0.153 e. The third kappa shape index (κ3) is 4.03. The second-order valence-electron chi connectivity index (χ2n) is 5.40. The van der Waals surface area contributed by atoms with Gasteiger partial charge in [0.25, 0.3) is 0 Å². The summed E-state index contributed by atoms with van der Waals surface area (Å²) in [7, 11) is 0. The van der Waals surface area contributed by atoms with Crippen molar-refractivity contribution >= 4 is 17.8 Å². The van der Waals surface area contributed by atoms with Gasteiger partial charge in [0.05, 0.1) is 0 Å². The molecule has 5 nitrogen and oxygen atoms in total. The van der Waals surface area contributed by atoms with Crippen molar-refractivity contribution in [2.75, 3.05) is 6.26 Å². The molecule has 0 bridgehead atoms. The van der Waals surface area contributed by atoms with Crippen LogP contribution in [0.5, 0.6) is 0 Å². The van der Waals surface area contributed by atoms with Crippen molar-refractivity contribution < 1.29 is 0 Å². The highest BCUT2D eigenvalue weighted by Gasteiger charge is 2.24. The van der Waals surface area contributed by atoms with Crippen molar-refractivity contribution in [3.63, 3.8) is 0 Å². The molecule has 0 atom stereocenters. The lowest BCUT2D eigenvalue weighted by atomic mass is 10.1. The summed E-state index contributed by atoms with van der Waals surface area (Å²) in [6.07, 6.45) is 6.54. The maximum absolute atomic E-state index is 4.44. The van der Waals surface area contributed by atoms with E-state index in [1.165, 1.54) is 12.8 Å². The van der Waals surface area contributed by atoms with Crippen LogP contribution in [0, 0.1) is 0 Å². The fourth-order valence-electron chi connectivity index (χ4n) is 1.48. The van der Waals surface area contributed by atoms with E-state index in [-0.39, 0.29) is 5.54 Å². The van der Waals surface area contributed by atoms with Crippen molar-refractivity contribution in [1.82, 2.24) is 20.6 Å². The first-order valence-corrected chi connectivity index (χ1v) is 7.10. The van der Waals surface area contributed by atoms with Crippen LogP contribution >= 0.6 is 11.9 Å². The summed E-state index contributed by atoms with van der Waals surface area (Å²) in [5.74, 6) is 1.90. The summed E-state index contributed by atoms with van der Waals surface area (Å²) >= 11 is 1.54. The first-order valence-electron chi connectivity index (χ1n) is 5.92. The quantitative estimate of drug-likeness (QED) is 0.665. The Morgan fingerprint density at radius 2 is 2.18 bits per heavy atom. The first kappa shape index (κ1) is 12.4. The Kier molecular flexibility index (Phi) is 3.42. The Hall–Kier alpha value is -1.04. The van der Waals surface area contributed by atoms with Crippen LogP contribution in [-0.2, 0) is 0 Å². The number of hydrazine groups is 1. The lowest BCUT2D eigenvalue weighted by Gasteiger charge is -2.29. The number of nitrogens with zero attached hydrogens (tertiary/aromatic N) is 2. The smallest absolute Gasteiger partial charge is 0.153 e. The van der Waals surface area contributed by atoms with Crippen LogP contribution < -0.4 is 16.1 Å². The molecule has 1 aliphatic heterocycles. The Labute approximate surface area is 107 Å². The SMILES string of the molecule is CSN1N=C(NC(C)(C)C)C=C(NC2CC2)N1. The van der Waals surface area contributed by atoms with E-state index in [1.807, 2.05) is 12.3 Å². The minimum Gasteiger partial charge on any atom is -0.368 e. The van der Waals surface area contributed by atoms with Crippen molar-refractivity contribution in [3.05, 3.63) is 11.9 Å². The van der Waals surface area contributed by atoms with Crippen LogP contribution in [0.2, 0.25) is 0 Å². The van der Waals surface area contributed by atoms with E-state index in [1.54, 1.807) is 16.5 Å². The van der Waals surface area contributed by atoms with E-state index in [9.17, 15) is 0 Å². The van der Waals surface area contributed by atoms with Crippen molar-refractivity contribution in [2.24, 2.45) is 5.10 Å². The molecule has 2 aliphatic rings. The molecule has 0 spiro atoms. The lowest BCUT2D eigenvalue weighted by Crippen LogP contribution is -2.46. The summed E-state index contributed by atoms with van der Waals surface area (Å²) in [4.78, 5) is 0. The van der Waals surface area contributed by atoms with Gasteiger partial charge in [-0.2, -0.15) is 0 Å². The van der Waals surface area contributed by atoms with E-state index in [0.717, 1.165) is 11.7 Å². The van der Waals surface area contributed by atoms with Gasteiger partial charge in [0.15, 0.2) is 5.84 Å². The van der Waals surface area contributed by atoms with Gasteiger partial charge in [0.2, 0.25) is 0 Å². The summed E-state index contributed by atoms with van der Waals surface area (Å²) in [6, 6.07) is 0.631. The molecule has 0 amide bonds. The number of rotatable bonds is 3. The molecule has 0 radical (unpaired) electrons. The topological polar surface area (TPSA) is 51.7 Å². The van der Waals surface area contributed by atoms with E-state index >= 15 is 0 Å². The zero-order valence-electron chi connectivity index (χ0n) is 10.9. The molecule has 0 aromatic heterocycles. The van der Waals surface area contributed by atoms with Gasteiger partial charge in [-0.3, -0.25) is 5.43 Å². The number of hydrogen-bond donors (Lipinski definition) is 3. The van der Waals surface area contributed by atoms with Crippen molar-refractivity contribution in [1.29, 1.82) is 0 Å². The van der Waals surface area contributed by atoms with Gasteiger partial charge in [-0.15, -0.1) is 9.62 Å². The Balaban J connectivity index is 2.04. The lowest BCUT2D eigenvalue weighted by molar-refractivity contribution is 0.382. The van der Waals surface area contributed by atoms with Crippen LogP contribution in [0.25, 0.3) is 0 Å². The minimum atomic E-state index is 0.0153. The van der Waals surface area contributed by atoms with Crippen LogP contribution in [0.1, 0.15) is 33.6 Å². The summed E-state index contributed by atoms with van der Waals surface area (Å²) in [5.41, 5.74) is 3.22. The Morgan fingerprint density at radius 3 is 2.71 bits per heavy atom. The Morgan fingerprint density at radius 1 is 1.47 bits per heavy atom. The molecule has 96 valence electrons. The van der Waals surface area contributed by atoms with Crippen LogP contribution in [-0.4, -0.2) is 28.2 Å². The predicted molar refractivity (Wildman–Crippen MR) is 73.1 cm³/mol. The summed E-state index contributed by atoms with van der Waals surface area (Å²) in [5, 5.41) is 11.3. The highest BCUT2D eigenvalue weighted by Crippen LogP contribution is 2.21. The van der Waals surface area contributed by atoms with Gasteiger partial charge >= 0.3 is 0 Å². The molecule has 3 N–H and O–H groups in total. The molecule has 0 unspecified atom stereocenters. The molecule has 6 heteroatoms. The number of amidine groups is 1. The predicted octanol–water partition coefficient (Wildman–Crippen LogP) is 1.38. The average molecular weight is 255 g/mol. The highest BCUT2D eigenvalue weighted by atomic mass is 32.2. The van der Waals surface area contributed by atoms with Crippen molar-refractivity contribution in [3.8, 4) is 0 Å². The molecule has 1 saturated carbocycles. The van der Waals surface area contributed by atoms with Gasteiger partial charge in [-0.25, -0.2) is 0 Å². The van der Waals surface area contributed by atoms with E-state index < -0.39 is 0 Å². The van der Waals surface area contributed by atoms with Gasteiger partial charge < -0.3 is 10.6 Å². The fraction of sp³-hybridized carbons (Fsp3) is 0.727. The maximum atomic E-state index is 4.44. The molecule has 0 aromatic rings. The average Bonchev–Trinajstić information content (AvgIpc) is 2.98. The van der Waals surface area contributed by atoms with Gasteiger partial charge in [-0.1, -0.05) is 0 Å². The molecule has 0 aromatic carbocycles. The van der Waals surface area contributed by atoms with E-state index in [0.29, 0.717) is 6.04 Å². The normalized spacial score (nSPS) is 20.4. The Bertz CT molecular complexity index is 340. The number of hydrogen-bond acceptors (Lipinski definition) is 6. The molecule has 0 saturated heterocycles. The van der Waals surface area contributed by atoms with E-state index in [4.69, 9.17) is 0 Å². The first-order chi connectivity index (χ1) is 7.96. The fourth-order valence-corrected chi connectivity index (χ4v) is 1.84. The standard InChI is InChI=1S/C11H21N5S/c1-11(2,3)13-10-7-9(12-8-5-6-8)14-16(15-10)17-4/h7-8,12,14H,5-6H2,1-4H3,(H,13,15). The number of hydrazone groups is 1. The monoisotopic (exact) mass is 255 g/mol. The number of nitrogens with one attached hydrogen (secondary N) is 3. The molecule has 1 fully saturated rings. The van der Waals surface area contributed by atoms with Crippen LogP contribution in [0.15, 0.2) is 17.0 Å². The molecule has 1 heterocycles.